The summed E-state index contributed by atoms with van der Waals surface area (Å²) < 4.78 is 4.91. The molecule has 0 fully saturated rings. The predicted octanol–water partition coefficient (Wildman–Crippen LogP) is 11.2. The fraction of sp³-hybridized carbons (Fsp3) is 0.0952. The Hall–Kier alpha value is -5.16. The van der Waals surface area contributed by atoms with Crippen LogP contribution in [0.1, 0.15) is 35.1 Å². The van der Waals surface area contributed by atoms with Crippen molar-refractivity contribution in [1.82, 2.24) is 0 Å². The molecule has 0 amide bonds. The predicted molar refractivity (Wildman–Crippen MR) is 198 cm³/mol. The number of hydrogen-bond acceptors (Lipinski definition) is 3. The first-order valence-corrected chi connectivity index (χ1v) is 16.3. The summed E-state index contributed by atoms with van der Waals surface area (Å²) in [5.41, 5.74) is 6.15. The number of fused-ring (bicyclic) bond motifs is 2. The Morgan fingerprint density at radius 1 is 0.583 bits per heavy atom. The van der Waals surface area contributed by atoms with Crippen molar-refractivity contribution in [2.24, 2.45) is 0 Å². The van der Waals surface area contributed by atoms with Crippen LogP contribution in [0.2, 0.25) is 10.0 Å². The van der Waals surface area contributed by atoms with Gasteiger partial charge in [-0.25, -0.2) is 4.79 Å². The van der Waals surface area contributed by atoms with Crippen LogP contribution in [0, 0.1) is 0 Å². The molecule has 1 N–H and O–H groups in total. The maximum Gasteiger partial charge on any atom is 0.328 e. The van der Waals surface area contributed by atoms with Crippen LogP contribution in [0.3, 0.4) is 0 Å². The van der Waals surface area contributed by atoms with Crippen LogP contribution in [-0.4, -0.2) is 17.5 Å². The SMILES string of the molecule is O=C(O)/C=C(/CCc1ccc(Cl)cc1)c1ccc2ccccc2c1.O=CO/C=C(\CCc1ccc(Cl)cc1)c1ccc2ccccc2c1. The quantitative estimate of drug-likeness (QED) is 0.0845. The number of allylic oxidation sites excluding steroid dienone is 2. The molecule has 0 saturated heterocycles. The molecule has 0 spiro atoms. The van der Waals surface area contributed by atoms with Crippen LogP contribution >= 0.6 is 23.2 Å². The molecule has 6 aromatic carbocycles. The maximum atomic E-state index is 11.2. The van der Waals surface area contributed by atoms with Gasteiger partial charge >= 0.3 is 5.97 Å². The third-order valence-electron chi connectivity index (χ3n) is 8.00. The number of aryl methyl sites for hydroxylation is 2. The van der Waals surface area contributed by atoms with Crippen molar-refractivity contribution in [3.63, 3.8) is 0 Å². The Kier molecular flexibility index (Phi) is 12.2. The average Bonchev–Trinajstić information content (AvgIpc) is 3.11. The summed E-state index contributed by atoms with van der Waals surface area (Å²) in [6.45, 7) is 0.448. The van der Waals surface area contributed by atoms with Gasteiger partial charge in [0.25, 0.3) is 6.47 Å². The lowest BCUT2D eigenvalue weighted by Gasteiger charge is -2.09. The lowest BCUT2D eigenvalue weighted by Crippen LogP contribution is -1.95. The topological polar surface area (TPSA) is 63.6 Å². The minimum absolute atomic E-state index is 0.448. The molecule has 4 nitrogen and oxygen atoms in total. The van der Waals surface area contributed by atoms with Crippen molar-refractivity contribution in [2.75, 3.05) is 0 Å². The van der Waals surface area contributed by atoms with Gasteiger partial charge in [-0.3, -0.25) is 4.79 Å². The molecule has 0 radical (unpaired) electrons. The molecule has 0 aromatic heterocycles. The summed E-state index contributed by atoms with van der Waals surface area (Å²) in [5.74, 6) is -0.922. The summed E-state index contributed by atoms with van der Waals surface area (Å²) in [6.07, 6.45) is 5.88. The fourth-order valence-corrected chi connectivity index (χ4v) is 5.72. The van der Waals surface area contributed by atoms with E-state index in [0.717, 1.165) is 62.9 Å². The Balaban J connectivity index is 0.000000188. The van der Waals surface area contributed by atoms with Gasteiger partial charge in [0.05, 0.1) is 6.26 Å². The molecular weight excluding hydrogens is 639 g/mol. The second kappa shape index (κ2) is 17.1. The normalized spacial score (nSPS) is 11.5. The summed E-state index contributed by atoms with van der Waals surface area (Å²) in [4.78, 5) is 21.8. The fourth-order valence-electron chi connectivity index (χ4n) is 5.47. The van der Waals surface area contributed by atoms with Gasteiger partial charge in [0.15, 0.2) is 0 Å². The van der Waals surface area contributed by atoms with E-state index in [-0.39, 0.29) is 0 Å². The van der Waals surface area contributed by atoms with Gasteiger partial charge in [0, 0.05) is 16.1 Å². The zero-order valence-electron chi connectivity index (χ0n) is 26.2. The highest BCUT2D eigenvalue weighted by atomic mass is 35.5. The molecule has 240 valence electrons. The van der Waals surface area contributed by atoms with Gasteiger partial charge in [-0.05, 0) is 117 Å². The van der Waals surface area contributed by atoms with Crippen molar-refractivity contribution >= 4 is 68.3 Å². The van der Waals surface area contributed by atoms with E-state index in [1.54, 1.807) is 0 Å². The zero-order valence-corrected chi connectivity index (χ0v) is 27.7. The van der Waals surface area contributed by atoms with Crippen molar-refractivity contribution < 1.29 is 19.4 Å². The van der Waals surface area contributed by atoms with Gasteiger partial charge in [-0.1, -0.05) is 120 Å². The number of aliphatic carboxylic acids is 1. The Labute approximate surface area is 290 Å². The second-order valence-electron chi connectivity index (χ2n) is 11.3. The molecular formula is C42H34Cl2O4. The van der Waals surface area contributed by atoms with E-state index >= 15 is 0 Å². The van der Waals surface area contributed by atoms with Gasteiger partial charge in [0.2, 0.25) is 0 Å². The summed E-state index contributed by atoms with van der Waals surface area (Å²) in [5, 5.41) is 15.2. The number of ether oxygens (including phenoxy) is 1. The zero-order chi connectivity index (χ0) is 33.7. The molecule has 0 saturated carbocycles. The van der Waals surface area contributed by atoms with Crippen LogP contribution in [0.15, 0.2) is 146 Å². The van der Waals surface area contributed by atoms with Gasteiger partial charge in [0.1, 0.15) is 0 Å². The van der Waals surface area contributed by atoms with E-state index in [4.69, 9.17) is 27.9 Å². The summed E-state index contributed by atoms with van der Waals surface area (Å²) >= 11 is 11.8. The second-order valence-corrected chi connectivity index (χ2v) is 12.1. The molecule has 6 heteroatoms. The highest BCUT2D eigenvalue weighted by Gasteiger charge is 2.08. The third-order valence-corrected chi connectivity index (χ3v) is 8.50. The molecule has 0 atom stereocenters. The minimum Gasteiger partial charge on any atom is -0.478 e. The molecule has 6 aromatic rings. The Morgan fingerprint density at radius 2 is 1.02 bits per heavy atom. The van der Waals surface area contributed by atoms with E-state index in [1.807, 2.05) is 103 Å². The van der Waals surface area contributed by atoms with Crippen molar-refractivity contribution in [2.45, 2.75) is 25.7 Å². The lowest BCUT2D eigenvalue weighted by molar-refractivity contribution is -0.131. The number of rotatable bonds is 11. The Morgan fingerprint density at radius 3 is 1.48 bits per heavy atom. The summed E-state index contributed by atoms with van der Waals surface area (Å²) in [7, 11) is 0. The highest BCUT2D eigenvalue weighted by Crippen LogP contribution is 2.27. The first-order valence-electron chi connectivity index (χ1n) is 15.6. The first kappa shape index (κ1) is 34.2. The van der Waals surface area contributed by atoms with Crippen molar-refractivity contribution in [1.29, 1.82) is 0 Å². The number of hydrogen-bond donors (Lipinski definition) is 1. The van der Waals surface area contributed by atoms with Crippen LogP contribution < -0.4 is 0 Å². The largest absolute Gasteiger partial charge is 0.478 e. The van der Waals surface area contributed by atoms with Crippen molar-refractivity contribution in [3.8, 4) is 0 Å². The van der Waals surface area contributed by atoms with Crippen LogP contribution in [0.25, 0.3) is 32.7 Å². The van der Waals surface area contributed by atoms with Crippen LogP contribution in [-0.2, 0) is 27.2 Å². The molecule has 48 heavy (non-hydrogen) atoms. The Bertz CT molecular complexity index is 2060. The number of carbonyl (C=O) groups is 2. The number of carboxylic acid groups (broad SMARTS) is 1. The molecule has 6 rings (SSSR count). The van der Waals surface area contributed by atoms with Crippen molar-refractivity contribution in [3.05, 3.63) is 178 Å². The van der Waals surface area contributed by atoms with E-state index in [0.29, 0.717) is 17.9 Å². The van der Waals surface area contributed by atoms with E-state index in [1.165, 1.54) is 28.7 Å². The van der Waals surface area contributed by atoms with Crippen LogP contribution in [0.5, 0.6) is 0 Å². The molecule has 0 bridgehead atoms. The highest BCUT2D eigenvalue weighted by molar-refractivity contribution is 6.30. The van der Waals surface area contributed by atoms with Gasteiger partial charge < -0.3 is 9.84 Å². The standard InChI is InChI=1S/2C21H17ClO2/c22-21-11-6-16(7-12-21)5-8-20(14-24-15-23)19-10-9-17-3-1-2-4-18(17)13-19;22-20-11-6-15(7-12-20)5-8-19(14-21(23)24)18-10-9-16-3-1-2-4-17(16)13-18/h1-4,6-7,9-15H,5,8H2;1-4,6-7,9-14H,5,8H2,(H,23,24)/b20-14+;19-14-. The summed E-state index contributed by atoms with van der Waals surface area (Å²) in [6, 6.07) is 44.1. The maximum absolute atomic E-state index is 11.2. The van der Waals surface area contributed by atoms with Gasteiger partial charge in [-0.15, -0.1) is 0 Å². The monoisotopic (exact) mass is 672 g/mol. The van der Waals surface area contributed by atoms with E-state index < -0.39 is 5.97 Å². The van der Waals surface area contributed by atoms with Crippen LogP contribution in [0.4, 0.5) is 0 Å². The first-order chi connectivity index (χ1) is 23.4. The number of halogens is 2. The van der Waals surface area contributed by atoms with Gasteiger partial charge in [-0.2, -0.15) is 0 Å². The van der Waals surface area contributed by atoms with E-state index in [2.05, 4.69) is 30.3 Å². The number of carbonyl (C=O) groups excluding carboxylic acids is 1. The molecule has 0 aliphatic heterocycles. The average molecular weight is 674 g/mol. The minimum atomic E-state index is -0.922. The molecule has 0 aliphatic carbocycles. The third kappa shape index (κ3) is 9.92. The smallest absolute Gasteiger partial charge is 0.328 e. The van der Waals surface area contributed by atoms with E-state index in [9.17, 15) is 14.7 Å². The number of carboxylic acids is 1. The lowest BCUT2D eigenvalue weighted by atomic mass is 9.96. The number of benzene rings is 6. The molecule has 0 aliphatic rings. The molecule has 0 unspecified atom stereocenters. The molecule has 0 heterocycles.